The molecule has 0 saturated carbocycles. The first-order valence-electron chi connectivity index (χ1n) is 9.18. The molecule has 0 N–H and O–H groups in total. The zero-order chi connectivity index (χ0) is 17.4. The molecule has 3 heterocycles. The molecule has 1 atom stereocenters. The number of aromatic nitrogens is 1. The minimum Gasteiger partial charge on any atom is -0.356 e. The van der Waals surface area contributed by atoms with Crippen LogP contribution in [0.1, 0.15) is 32.6 Å². The van der Waals surface area contributed by atoms with Crippen LogP contribution in [0.2, 0.25) is 0 Å². The summed E-state index contributed by atoms with van der Waals surface area (Å²) in [7, 11) is 0. The van der Waals surface area contributed by atoms with Gasteiger partial charge in [-0.05, 0) is 57.4 Å². The molecule has 0 aliphatic carbocycles. The number of benzene rings is 1. The van der Waals surface area contributed by atoms with Gasteiger partial charge < -0.3 is 4.90 Å². The summed E-state index contributed by atoms with van der Waals surface area (Å²) < 4.78 is 0. The van der Waals surface area contributed by atoms with Crippen molar-refractivity contribution in [3.05, 3.63) is 40.4 Å². The Labute approximate surface area is 147 Å². The molecule has 2 saturated heterocycles. The van der Waals surface area contributed by atoms with Gasteiger partial charge in [0.05, 0.1) is 10.4 Å². The van der Waals surface area contributed by atoms with Gasteiger partial charge in [-0.1, -0.05) is 0 Å². The monoisotopic (exact) mass is 340 g/mol. The van der Waals surface area contributed by atoms with Gasteiger partial charge in [-0.25, -0.2) is 4.98 Å². The van der Waals surface area contributed by atoms with E-state index in [-0.39, 0.29) is 10.6 Å². The minimum absolute atomic E-state index is 0.114. The molecular weight excluding hydrogens is 316 g/mol. The van der Waals surface area contributed by atoms with Crippen molar-refractivity contribution in [2.45, 2.75) is 44.7 Å². The van der Waals surface area contributed by atoms with Crippen molar-refractivity contribution in [1.82, 2.24) is 9.88 Å². The van der Waals surface area contributed by atoms with Gasteiger partial charge in [0.15, 0.2) is 0 Å². The highest BCUT2D eigenvalue weighted by molar-refractivity contribution is 5.82. The number of likely N-dealkylation sites (tertiary alicyclic amines) is 1. The predicted octanol–water partition coefficient (Wildman–Crippen LogP) is 3.60. The summed E-state index contributed by atoms with van der Waals surface area (Å²) in [5.74, 6) is 0.981. The third kappa shape index (κ3) is 3.18. The van der Waals surface area contributed by atoms with Crippen molar-refractivity contribution in [1.29, 1.82) is 0 Å². The minimum atomic E-state index is -0.364. The number of fused-ring (bicyclic) bond motifs is 1. The Morgan fingerprint density at radius 2 is 1.92 bits per heavy atom. The lowest BCUT2D eigenvalue weighted by Gasteiger charge is -2.39. The van der Waals surface area contributed by atoms with E-state index in [2.05, 4.69) is 16.7 Å². The lowest BCUT2D eigenvalue weighted by molar-refractivity contribution is -0.384. The second kappa shape index (κ2) is 6.59. The summed E-state index contributed by atoms with van der Waals surface area (Å²) in [6.45, 7) is 5.65. The largest absolute Gasteiger partial charge is 0.356 e. The molecule has 1 aromatic carbocycles. The number of nitro groups is 1. The van der Waals surface area contributed by atoms with Gasteiger partial charge in [-0.2, -0.15) is 0 Å². The number of nitrogens with zero attached hydrogens (tertiary/aromatic N) is 4. The second-order valence-electron chi connectivity index (χ2n) is 7.25. The molecule has 2 aliphatic rings. The lowest BCUT2D eigenvalue weighted by atomic mass is 10.0. The van der Waals surface area contributed by atoms with Crippen LogP contribution < -0.4 is 4.90 Å². The number of hydrogen-bond donors (Lipinski definition) is 0. The maximum Gasteiger partial charge on any atom is 0.270 e. The van der Waals surface area contributed by atoms with Crippen LogP contribution in [-0.2, 0) is 0 Å². The van der Waals surface area contributed by atoms with Crippen LogP contribution in [0, 0.1) is 10.1 Å². The molecule has 132 valence electrons. The Hall–Kier alpha value is -2.21. The molecule has 6 nitrogen and oxygen atoms in total. The van der Waals surface area contributed by atoms with Crippen LogP contribution in [0.3, 0.4) is 0 Å². The number of nitro benzene ring substituents is 1. The molecule has 0 amide bonds. The molecule has 1 unspecified atom stereocenters. The van der Waals surface area contributed by atoms with E-state index in [4.69, 9.17) is 4.98 Å². The highest BCUT2D eigenvalue weighted by atomic mass is 16.6. The maximum absolute atomic E-state index is 10.9. The van der Waals surface area contributed by atoms with E-state index in [1.165, 1.54) is 38.3 Å². The van der Waals surface area contributed by atoms with Gasteiger partial charge in [0.2, 0.25) is 0 Å². The fourth-order valence-electron chi connectivity index (χ4n) is 4.32. The van der Waals surface area contributed by atoms with Crippen molar-refractivity contribution in [3.63, 3.8) is 0 Å². The topological polar surface area (TPSA) is 62.5 Å². The molecule has 25 heavy (non-hydrogen) atoms. The van der Waals surface area contributed by atoms with Crippen LogP contribution in [0.25, 0.3) is 10.9 Å². The highest BCUT2D eigenvalue weighted by Crippen LogP contribution is 2.28. The third-order valence-corrected chi connectivity index (χ3v) is 5.73. The van der Waals surface area contributed by atoms with Crippen LogP contribution in [-0.4, -0.2) is 46.5 Å². The Balaban J connectivity index is 1.47. The molecule has 2 aliphatic heterocycles. The number of piperidine rings is 1. The van der Waals surface area contributed by atoms with Gasteiger partial charge >= 0.3 is 0 Å². The summed E-state index contributed by atoms with van der Waals surface area (Å²) in [5.41, 5.74) is 0.931. The molecule has 0 radical (unpaired) electrons. The Bertz CT molecular complexity index is 786. The quantitative estimate of drug-likeness (QED) is 0.631. The van der Waals surface area contributed by atoms with E-state index < -0.39 is 0 Å². The highest BCUT2D eigenvalue weighted by Gasteiger charge is 2.30. The number of hydrogen-bond acceptors (Lipinski definition) is 5. The van der Waals surface area contributed by atoms with Crippen LogP contribution in [0.4, 0.5) is 11.5 Å². The molecule has 2 aromatic rings. The van der Waals surface area contributed by atoms with Crippen LogP contribution in [0.15, 0.2) is 30.3 Å². The van der Waals surface area contributed by atoms with Crippen LogP contribution >= 0.6 is 0 Å². The first-order valence-corrected chi connectivity index (χ1v) is 9.18. The standard InChI is InChI=1S/C19H24N4O2/c1-14-3-2-10-22(14)16-8-11-21(12-9-16)19-7-4-15-13-17(23(24)25)5-6-18(15)20-19/h4-7,13-14,16H,2-3,8-12H2,1H3. The van der Waals surface area contributed by atoms with Crippen molar-refractivity contribution in [2.24, 2.45) is 0 Å². The van der Waals surface area contributed by atoms with Crippen molar-refractivity contribution in [3.8, 4) is 0 Å². The van der Waals surface area contributed by atoms with Gasteiger partial charge in [0.25, 0.3) is 5.69 Å². The van der Waals surface area contributed by atoms with Gasteiger partial charge in [-0.15, -0.1) is 0 Å². The van der Waals surface area contributed by atoms with E-state index in [0.29, 0.717) is 6.04 Å². The van der Waals surface area contributed by atoms with Crippen molar-refractivity contribution < 1.29 is 4.92 Å². The molecule has 4 rings (SSSR count). The molecule has 6 heteroatoms. The average molecular weight is 340 g/mol. The van der Waals surface area contributed by atoms with Gasteiger partial charge in [0, 0.05) is 42.7 Å². The number of anilines is 1. The zero-order valence-corrected chi connectivity index (χ0v) is 14.6. The van der Waals surface area contributed by atoms with Crippen molar-refractivity contribution >= 4 is 22.4 Å². The molecular formula is C19H24N4O2. The fraction of sp³-hybridized carbons (Fsp3) is 0.526. The fourth-order valence-corrected chi connectivity index (χ4v) is 4.32. The maximum atomic E-state index is 10.9. The number of rotatable bonds is 3. The summed E-state index contributed by atoms with van der Waals surface area (Å²) in [6, 6.07) is 10.2. The summed E-state index contributed by atoms with van der Waals surface area (Å²) >= 11 is 0. The van der Waals surface area contributed by atoms with Crippen LogP contribution in [0.5, 0.6) is 0 Å². The summed E-state index contributed by atoms with van der Waals surface area (Å²) in [4.78, 5) is 20.3. The summed E-state index contributed by atoms with van der Waals surface area (Å²) in [5, 5.41) is 11.7. The smallest absolute Gasteiger partial charge is 0.270 e. The van der Waals surface area contributed by atoms with Gasteiger partial charge in [-0.3, -0.25) is 15.0 Å². The molecule has 2 fully saturated rings. The first-order chi connectivity index (χ1) is 12.1. The van der Waals surface area contributed by atoms with Crippen molar-refractivity contribution in [2.75, 3.05) is 24.5 Å². The molecule has 0 bridgehead atoms. The summed E-state index contributed by atoms with van der Waals surface area (Å²) in [6.07, 6.45) is 5.03. The zero-order valence-electron chi connectivity index (χ0n) is 14.6. The molecule has 0 spiro atoms. The Morgan fingerprint density at radius 1 is 1.12 bits per heavy atom. The van der Waals surface area contributed by atoms with E-state index in [0.717, 1.165) is 35.9 Å². The third-order valence-electron chi connectivity index (χ3n) is 5.73. The second-order valence-corrected chi connectivity index (χ2v) is 7.25. The van der Waals surface area contributed by atoms with E-state index in [9.17, 15) is 10.1 Å². The van der Waals surface area contributed by atoms with E-state index >= 15 is 0 Å². The first kappa shape index (κ1) is 16.3. The predicted molar refractivity (Wildman–Crippen MR) is 99.0 cm³/mol. The lowest BCUT2D eigenvalue weighted by Crippen LogP contribution is -2.46. The molecule has 1 aromatic heterocycles. The number of non-ortho nitro benzene ring substituents is 1. The SMILES string of the molecule is CC1CCCN1C1CCN(c2ccc3cc([N+](=O)[O-])ccc3n2)CC1. The normalized spacial score (nSPS) is 22.6. The van der Waals surface area contributed by atoms with E-state index in [1.807, 2.05) is 12.1 Å². The van der Waals surface area contributed by atoms with Gasteiger partial charge in [0.1, 0.15) is 5.82 Å². The Morgan fingerprint density at radius 3 is 2.60 bits per heavy atom. The average Bonchev–Trinajstić information content (AvgIpc) is 3.07. The Kier molecular flexibility index (Phi) is 4.29. The number of pyridine rings is 1. The van der Waals surface area contributed by atoms with E-state index in [1.54, 1.807) is 12.1 Å².